The molecule has 0 fully saturated rings. The van der Waals surface area contributed by atoms with E-state index >= 15 is 0 Å². The van der Waals surface area contributed by atoms with Gasteiger partial charge in [-0.25, -0.2) is 13.4 Å². The maximum absolute atomic E-state index is 13.6. The first-order valence-electron chi connectivity index (χ1n) is 13.7. The number of aliphatic hydroxyl groups is 1. The van der Waals surface area contributed by atoms with Crippen LogP contribution in [0.1, 0.15) is 67.6 Å². The van der Waals surface area contributed by atoms with Gasteiger partial charge in [0.2, 0.25) is 10.0 Å². The summed E-state index contributed by atoms with van der Waals surface area (Å²) in [6.45, 7) is 11.7. The van der Waals surface area contributed by atoms with E-state index in [4.69, 9.17) is 4.74 Å². The van der Waals surface area contributed by atoms with Crippen LogP contribution in [0.2, 0.25) is 0 Å². The minimum atomic E-state index is -3.61. The van der Waals surface area contributed by atoms with Crippen molar-refractivity contribution in [3.63, 3.8) is 0 Å². The standard InChI is InChI=1S/C30H41N7O5S/c1-18-10-11-19(12-24(18)37-16-23(33-35-37)25-15-31-28(36(25)7)30(5,6)17-38)27(39)32-21-13-20(29(2,3)4)14-22(26(21)42-8)34-43(9,40)41/h10-16,33-35,38H,17H2,1-9H3,(H,32,39). The number of carbonyl (C=O) groups excluding carboxylic acids is 1. The van der Waals surface area contributed by atoms with Crippen molar-refractivity contribution in [1.82, 2.24) is 20.5 Å². The normalized spacial score (nSPS) is 13.9. The van der Waals surface area contributed by atoms with Crippen molar-refractivity contribution in [3.8, 4) is 5.75 Å². The minimum absolute atomic E-state index is 0.0376. The van der Waals surface area contributed by atoms with Crippen LogP contribution in [-0.2, 0) is 27.9 Å². The van der Waals surface area contributed by atoms with Crippen molar-refractivity contribution in [2.45, 2.75) is 52.4 Å². The van der Waals surface area contributed by atoms with Crippen LogP contribution in [0.25, 0.3) is 5.70 Å². The molecule has 3 aromatic rings. The van der Waals surface area contributed by atoms with Crippen molar-refractivity contribution in [1.29, 1.82) is 0 Å². The van der Waals surface area contributed by atoms with Crippen molar-refractivity contribution in [2.24, 2.45) is 7.05 Å². The third-order valence-electron chi connectivity index (χ3n) is 7.27. The molecule has 12 nitrogen and oxygen atoms in total. The first-order chi connectivity index (χ1) is 19.9. The number of rotatable bonds is 9. The maximum atomic E-state index is 13.6. The summed E-state index contributed by atoms with van der Waals surface area (Å²) in [5.74, 6) is 0.564. The van der Waals surface area contributed by atoms with Crippen LogP contribution in [0.15, 0.2) is 42.7 Å². The molecule has 1 aliphatic rings. The second-order valence-electron chi connectivity index (χ2n) is 12.4. The molecule has 0 saturated heterocycles. The Morgan fingerprint density at radius 1 is 1.12 bits per heavy atom. The molecule has 0 saturated carbocycles. The minimum Gasteiger partial charge on any atom is -0.492 e. The first-order valence-corrected chi connectivity index (χ1v) is 15.6. The zero-order valence-electron chi connectivity index (χ0n) is 26.1. The number of benzene rings is 2. The zero-order chi connectivity index (χ0) is 31.9. The van der Waals surface area contributed by atoms with Crippen LogP contribution < -0.4 is 30.7 Å². The molecule has 2 aromatic carbocycles. The highest BCUT2D eigenvalue weighted by Gasteiger charge is 2.28. The monoisotopic (exact) mass is 611 g/mol. The number of imidazole rings is 1. The highest BCUT2D eigenvalue weighted by molar-refractivity contribution is 7.92. The van der Waals surface area contributed by atoms with E-state index in [9.17, 15) is 18.3 Å². The Labute approximate surface area is 253 Å². The maximum Gasteiger partial charge on any atom is 0.255 e. The molecule has 1 aromatic heterocycles. The lowest BCUT2D eigenvalue weighted by Gasteiger charge is -2.24. The predicted octanol–water partition coefficient (Wildman–Crippen LogP) is 3.76. The molecule has 0 unspecified atom stereocenters. The summed E-state index contributed by atoms with van der Waals surface area (Å²) < 4.78 is 34.1. The summed E-state index contributed by atoms with van der Waals surface area (Å²) in [5, 5.41) is 14.5. The molecule has 232 valence electrons. The van der Waals surface area contributed by atoms with Crippen LogP contribution in [0.4, 0.5) is 17.1 Å². The zero-order valence-corrected chi connectivity index (χ0v) is 26.9. The largest absolute Gasteiger partial charge is 0.492 e. The fourth-order valence-electron chi connectivity index (χ4n) is 4.79. The Balaban J connectivity index is 1.66. The van der Waals surface area contributed by atoms with E-state index in [0.717, 1.165) is 40.3 Å². The molecular weight excluding hydrogens is 570 g/mol. The topological polar surface area (TPSA) is 150 Å². The smallest absolute Gasteiger partial charge is 0.255 e. The summed E-state index contributed by atoms with van der Waals surface area (Å²) in [7, 11) is -0.286. The first kappa shape index (κ1) is 31.9. The van der Waals surface area contributed by atoms with Gasteiger partial charge in [0.05, 0.1) is 60.8 Å². The van der Waals surface area contributed by atoms with E-state index < -0.39 is 21.3 Å². The number of carbonyl (C=O) groups is 1. The number of amides is 1. The van der Waals surface area contributed by atoms with Gasteiger partial charge in [0, 0.05) is 18.0 Å². The average molecular weight is 612 g/mol. The van der Waals surface area contributed by atoms with E-state index in [1.165, 1.54) is 7.11 Å². The van der Waals surface area contributed by atoms with Gasteiger partial charge in [0.15, 0.2) is 5.75 Å². The molecule has 0 aliphatic carbocycles. The molecule has 1 amide bonds. The van der Waals surface area contributed by atoms with Gasteiger partial charge in [-0.3, -0.25) is 20.0 Å². The highest BCUT2D eigenvalue weighted by Crippen LogP contribution is 2.39. The van der Waals surface area contributed by atoms with Crippen molar-refractivity contribution < 1.29 is 23.1 Å². The van der Waals surface area contributed by atoms with E-state index in [1.54, 1.807) is 35.5 Å². The summed E-state index contributed by atoms with van der Waals surface area (Å²) >= 11 is 0. The van der Waals surface area contributed by atoms with Gasteiger partial charge in [-0.05, 0) is 47.7 Å². The van der Waals surface area contributed by atoms with Gasteiger partial charge in [-0.15, -0.1) is 5.53 Å². The number of methoxy groups -OCH3 is 1. The molecular formula is C30H41N7O5S. The number of sulfonamides is 1. The van der Waals surface area contributed by atoms with Gasteiger partial charge in [0.1, 0.15) is 5.82 Å². The van der Waals surface area contributed by atoms with Crippen LogP contribution in [0.3, 0.4) is 0 Å². The number of anilines is 3. The van der Waals surface area contributed by atoms with Gasteiger partial charge in [-0.2, -0.15) is 0 Å². The molecule has 5 N–H and O–H groups in total. The Morgan fingerprint density at radius 2 is 1.79 bits per heavy atom. The van der Waals surface area contributed by atoms with Crippen LogP contribution >= 0.6 is 0 Å². The summed E-state index contributed by atoms with van der Waals surface area (Å²) in [6.07, 6.45) is 4.68. The van der Waals surface area contributed by atoms with Crippen LogP contribution in [-0.4, -0.2) is 49.0 Å². The average Bonchev–Trinajstić information content (AvgIpc) is 3.54. The second-order valence-corrected chi connectivity index (χ2v) is 14.2. The molecule has 2 heterocycles. The molecule has 13 heteroatoms. The fourth-order valence-corrected chi connectivity index (χ4v) is 5.34. The number of nitrogens with zero attached hydrogens (tertiary/aromatic N) is 3. The lowest BCUT2D eigenvalue weighted by atomic mass is 9.86. The molecule has 0 atom stereocenters. The third kappa shape index (κ3) is 6.79. The lowest BCUT2D eigenvalue weighted by Crippen LogP contribution is -2.37. The van der Waals surface area contributed by atoms with Gasteiger partial charge in [0.25, 0.3) is 5.91 Å². The number of hydrogen-bond donors (Lipinski definition) is 5. The van der Waals surface area contributed by atoms with E-state index in [1.807, 2.05) is 65.4 Å². The number of aromatic nitrogens is 2. The Kier molecular flexibility index (Phi) is 8.56. The van der Waals surface area contributed by atoms with Crippen LogP contribution in [0.5, 0.6) is 5.75 Å². The fraction of sp³-hybridized carbons (Fsp3) is 0.400. The Morgan fingerprint density at radius 3 is 2.40 bits per heavy atom. The number of hydrogen-bond acceptors (Lipinski definition) is 9. The second kappa shape index (κ2) is 11.5. The molecule has 0 spiro atoms. The van der Waals surface area contributed by atoms with E-state index in [0.29, 0.717) is 11.3 Å². The summed E-state index contributed by atoms with van der Waals surface area (Å²) in [5.41, 5.74) is 10.5. The SMILES string of the molecule is COc1c(NC(=O)c2ccc(C)c(N3C=C(c4cnc(C(C)(C)CO)n4C)NN3)c2)cc(C(C)(C)C)cc1NS(C)(=O)=O. The highest BCUT2D eigenvalue weighted by atomic mass is 32.2. The van der Waals surface area contributed by atoms with Gasteiger partial charge >= 0.3 is 0 Å². The van der Waals surface area contributed by atoms with E-state index in [2.05, 4.69) is 26.0 Å². The van der Waals surface area contributed by atoms with Crippen LogP contribution in [0, 0.1) is 6.92 Å². The number of nitrogens with one attached hydrogen (secondary N) is 4. The quantitative estimate of drug-likeness (QED) is 0.244. The number of hydrazine groups is 2. The Bertz CT molecular complexity index is 1690. The number of aryl methyl sites for hydroxylation is 1. The number of aliphatic hydroxyl groups excluding tert-OH is 1. The van der Waals surface area contributed by atoms with E-state index in [-0.39, 0.29) is 23.5 Å². The third-order valence-corrected chi connectivity index (χ3v) is 7.86. The van der Waals surface area contributed by atoms with Gasteiger partial charge in [-0.1, -0.05) is 40.7 Å². The molecule has 0 bridgehead atoms. The summed E-state index contributed by atoms with van der Waals surface area (Å²) in [6, 6.07) is 8.84. The van der Waals surface area contributed by atoms with Crippen molar-refractivity contribution >= 4 is 38.7 Å². The van der Waals surface area contributed by atoms with Crippen molar-refractivity contribution in [2.75, 3.05) is 35.0 Å². The number of ether oxygens (including phenoxy) is 1. The predicted molar refractivity (Wildman–Crippen MR) is 169 cm³/mol. The summed E-state index contributed by atoms with van der Waals surface area (Å²) in [4.78, 5) is 18.1. The molecule has 0 radical (unpaired) electrons. The lowest BCUT2D eigenvalue weighted by molar-refractivity contribution is 0.102. The van der Waals surface area contributed by atoms with Crippen molar-refractivity contribution in [3.05, 3.63) is 70.9 Å². The molecule has 43 heavy (non-hydrogen) atoms. The van der Waals surface area contributed by atoms with Gasteiger partial charge < -0.3 is 19.7 Å². The molecule has 4 rings (SSSR count). The Hall–Kier alpha value is -4.07. The molecule has 1 aliphatic heterocycles.